The Balaban J connectivity index is 1.91. The molecule has 110 valence electrons. The molecule has 20 heavy (non-hydrogen) atoms. The van der Waals surface area contributed by atoms with E-state index in [1.807, 2.05) is 0 Å². The van der Waals surface area contributed by atoms with E-state index in [1.54, 1.807) is 24.3 Å². The van der Waals surface area contributed by atoms with E-state index in [1.165, 1.54) is 6.08 Å². The first kappa shape index (κ1) is 15.5. The van der Waals surface area contributed by atoms with Gasteiger partial charge in [0.25, 0.3) is 0 Å². The number of aliphatic hydroxyl groups excluding tert-OH is 1. The lowest BCUT2D eigenvalue weighted by Crippen LogP contribution is -2.31. The van der Waals surface area contributed by atoms with Crippen molar-refractivity contribution in [3.63, 3.8) is 0 Å². The monoisotopic (exact) mass is 315 g/mol. The van der Waals surface area contributed by atoms with Gasteiger partial charge in [0, 0.05) is 17.0 Å². The molecule has 2 atom stereocenters. The molecule has 0 bridgehead atoms. The molecule has 0 aromatic heterocycles. The second kappa shape index (κ2) is 6.72. The van der Waals surface area contributed by atoms with Crippen LogP contribution in [0, 0.1) is 5.92 Å². The predicted octanol–water partition coefficient (Wildman–Crippen LogP) is 2.39. The first-order chi connectivity index (χ1) is 9.46. The maximum atomic E-state index is 11.8. The van der Waals surface area contributed by atoms with Crippen molar-refractivity contribution in [1.29, 1.82) is 0 Å². The van der Waals surface area contributed by atoms with E-state index < -0.39 is 16.1 Å². The molecule has 1 aliphatic carbocycles. The summed E-state index contributed by atoms with van der Waals surface area (Å²) in [4.78, 5) is 0. The van der Waals surface area contributed by atoms with Crippen LogP contribution in [-0.4, -0.2) is 26.2 Å². The number of nitrogens with one attached hydrogen (secondary N) is 1. The van der Waals surface area contributed by atoms with E-state index in [4.69, 9.17) is 11.6 Å². The van der Waals surface area contributed by atoms with Crippen molar-refractivity contribution in [2.45, 2.75) is 25.4 Å². The SMILES string of the molecule is O=S(=O)(C=Cc1ccc(Cl)cc1)NCC1CCCC1O. The van der Waals surface area contributed by atoms with Gasteiger partial charge in [-0.15, -0.1) is 0 Å². The molecule has 0 amide bonds. The number of rotatable bonds is 5. The predicted molar refractivity (Wildman–Crippen MR) is 80.8 cm³/mol. The molecule has 1 fully saturated rings. The van der Waals surface area contributed by atoms with Crippen molar-refractivity contribution in [2.75, 3.05) is 6.54 Å². The summed E-state index contributed by atoms with van der Waals surface area (Å²) < 4.78 is 26.2. The van der Waals surface area contributed by atoms with Gasteiger partial charge in [-0.3, -0.25) is 0 Å². The zero-order chi connectivity index (χ0) is 14.6. The minimum Gasteiger partial charge on any atom is -0.393 e. The van der Waals surface area contributed by atoms with Gasteiger partial charge in [0.2, 0.25) is 10.0 Å². The van der Waals surface area contributed by atoms with Crippen LogP contribution in [0.3, 0.4) is 0 Å². The van der Waals surface area contributed by atoms with Crippen molar-refractivity contribution >= 4 is 27.7 Å². The van der Waals surface area contributed by atoms with Crippen LogP contribution in [0.1, 0.15) is 24.8 Å². The number of aliphatic hydroxyl groups is 1. The molecular weight excluding hydrogens is 298 g/mol. The lowest BCUT2D eigenvalue weighted by atomic mass is 10.1. The highest BCUT2D eigenvalue weighted by atomic mass is 35.5. The first-order valence-corrected chi connectivity index (χ1v) is 8.50. The van der Waals surface area contributed by atoms with Crippen molar-refractivity contribution in [2.24, 2.45) is 5.92 Å². The maximum Gasteiger partial charge on any atom is 0.233 e. The molecule has 2 unspecified atom stereocenters. The molecule has 0 saturated heterocycles. The van der Waals surface area contributed by atoms with Crippen LogP contribution >= 0.6 is 11.6 Å². The summed E-state index contributed by atoms with van der Waals surface area (Å²) in [5.41, 5.74) is 0.765. The van der Waals surface area contributed by atoms with Gasteiger partial charge >= 0.3 is 0 Å². The first-order valence-electron chi connectivity index (χ1n) is 6.58. The van der Waals surface area contributed by atoms with Gasteiger partial charge in [-0.25, -0.2) is 13.1 Å². The summed E-state index contributed by atoms with van der Waals surface area (Å²) in [6.45, 7) is 0.286. The Labute approximate surface area is 124 Å². The van der Waals surface area contributed by atoms with E-state index >= 15 is 0 Å². The molecule has 0 aliphatic heterocycles. The van der Waals surface area contributed by atoms with Gasteiger partial charge in [-0.05, 0) is 42.5 Å². The van der Waals surface area contributed by atoms with Gasteiger partial charge in [-0.1, -0.05) is 30.2 Å². The molecule has 1 saturated carbocycles. The van der Waals surface area contributed by atoms with Crippen LogP contribution in [0.4, 0.5) is 0 Å². The number of hydrogen-bond acceptors (Lipinski definition) is 3. The highest BCUT2D eigenvalue weighted by Crippen LogP contribution is 2.24. The number of sulfonamides is 1. The molecular formula is C14H18ClNO3S. The van der Waals surface area contributed by atoms with E-state index in [9.17, 15) is 13.5 Å². The summed E-state index contributed by atoms with van der Waals surface area (Å²) in [6, 6.07) is 6.90. The molecule has 6 heteroatoms. The van der Waals surface area contributed by atoms with Crippen LogP contribution in [0.25, 0.3) is 6.08 Å². The summed E-state index contributed by atoms with van der Waals surface area (Å²) in [6.07, 6.45) is 3.70. The third kappa shape index (κ3) is 4.59. The number of benzene rings is 1. The Kier molecular flexibility index (Phi) is 5.21. The Morgan fingerprint density at radius 3 is 2.60 bits per heavy atom. The Morgan fingerprint density at radius 2 is 2.00 bits per heavy atom. The topological polar surface area (TPSA) is 66.4 Å². The van der Waals surface area contributed by atoms with Gasteiger partial charge in [0.05, 0.1) is 6.10 Å². The Morgan fingerprint density at radius 1 is 1.30 bits per heavy atom. The molecule has 0 heterocycles. The summed E-state index contributed by atoms with van der Waals surface area (Å²) >= 11 is 5.76. The minimum absolute atomic E-state index is 0.0220. The number of hydrogen-bond donors (Lipinski definition) is 2. The largest absolute Gasteiger partial charge is 0.393 e. The standard InChI is InChI=1S/C14H18ClNO3S/c15-13-6-4-11(5-7-13)8-9-20(18,19)16-10-12-2-1-3-14(12)17/h4-9,12,14,16-17H,1-3,10H2. The summed E-state index contributed by atoms with van der Waals surface area (Å²) in [5.74, 6) is 0.0220. The quantitative estimate of drug-likeness (QED) is 0.876. The van der Waals surface area contributed by atoms with Crippen LogP contribution in [-0.2, 0) is 10.0 Å². The molecule has 0 spiro atoms. The summed E-state index contributed by atoms with van der Waals surface area (Å²) in [7, 11) is -3.48. The van der Waals surface area contributed by atoms with E-state index in [-0.39, 0.29) is 12.5 Å². The Hall–Kier alpha value is -0.880. The molecule has 4 nitrogen and oxygen atoms in total. The average Bonchev–Trinajstić information content (AvgIpc) is 2.82. The highest BCUT2D eigenvalue weighted by molar-refractivity contribution is 7.92. The average molecular weight is 316 g/mol. The van der Waals surface area contributed by atoms with E-state index in [2.05, 4.69) is 4.72 Å². The fourth-order valence-electron chi connectivity index (χ4n) is 2.27. The van der Waals surface area contributed by atoms with Crippen molar-refractivity contribution in [1.82, 2.24) is 4.72 Å². The molecule has 1 aromatic carbocycles. The van der Waals surface area contributed by atoms with Crippen LogP contribution < -0.4 is 4.72 Å². The second-order valence-corrected chi connectivity index (χ2v) is 7.09. The van der Waals surface area contributed by atoms with Gasteiger partial charge < -0.3 is 5.11 Å². The zero-order valence-corrected chi connectivity index (χ0v) is 12.6. The molecule has 1 aliphatic rings. The summed E-state index contributed by atoms with van der Waals surface area (Å²) in [5, 5.41) is 11.4. The van der Waals surface area contributed by atoms with Crippen molar-refractivity contribution in [3.05, 3.63) is 40.3 Å². The van der Waals surface area contributed by atoms with Crippen molar-refractivity contribution < 1.29 is 13.5 Å². The normalized spacial score (nSPS) is 23.5. The Bertz CT molecular complexity index is 569. The van der Waals surface area contributed by atoms with Gasteiger partial charge in [-0.2, -0.15) is 0 Å². The smallest absolute Gasteiger partial charge is 0.233 e. The number of halogens is 1. The van der Waals surface area contributed by atoms with E-state index in [0.717, 1.165) is 30.2 Å². The lowest BCUT2D eigenvalue weighted by molar-refractivity contribution is 0.135. The highest BCUT2D eigenvalue weighted by Gasteiger charge is 2.25. The third-order valence-corrected chi connectivity index (χ3v) is 4.79. The van der Waals surface area contributed by atoms with Crippen LogP contribution in [0.5, 0.6) is 0 Å². The fourth-order valence-corrected chi connectivity index (χ4v) is 3.27. The second-order valence-electron chi connectivity index (χ2n) is 5.01. The van der Waals surface area contributed by atoms with E-state index in [0.29, 0.717) is 5.02 Å². The molecule has 2 N–H and O–H groups in total. The maximum absolute atomic E-state index is 11.8. The minimum atomic E-state index is -3.48. The van der Waals surface area contributed by atoms with Gasteiger partial charge in [0.1, 0.15) is 0 Å². The lowest BCUT2D eigenvalue weighted by Gasteiger charge is -2.13. The molecule has 1 aromatic rings. The van der Waals surface area contributed by atoms with Crippen LogP contribution in [0.15, 0.2) is 29.7 Å². The molecule has 0 radical (unpaired) electrons. The fraction of sp³-hybridized carbons (Fsp3) is 0.429. The van der Waals surface area contributed by atoms with Gasteiger partial charge in [0.15, 0.2) is 0 Å². The van der Waals surface area contributed by atoms with Crippen LogP contribution in [0.2, 0.25) is 5.02 Å². The van der Waals surface area contributed by atoms with Crippen molar-refractivity contribution in [3.8, 4) is 0 Å². The zero-order valence-electron chi connectivity index (χ0n) is 11.0. The third-order valence-electron chi connectivity index (χ3n) is 3.48. The molecule has 2 rings (SSSR count).